The van der Waals surface area contributed by atoms with Gasteiger partial charge in [-0.3, -0.25) is 0 Å². The molecule has 1 rings (SSSR count). The SMILES string of the molecule is CC(C)c1cccc[c]1[K]. The molecular formula is C9H11K. The summed E-state index contributed by atoms with van der Waals surface area (Å²) in [6.45, 7) is 4.51. The molecule has 0 spiro atoms. The molecule has 0 unspecified atom stereocenters. The molecule has 0 N–H and O–H groups in total. The van der Waals surface area contributed by atoms with Crippen LogP contribution in [0, 0.1) is 0 Å². The van der Waals surface area contributed by atoms with Gasteiger partial charge >= 0.3 is 98.2 Å². The van der Waals surface area contributed by atoms with Gasteiger partial charge in [-0.05, 0) is 0 Å². The van der Waals surface area contributed by atoms with E-state index in [1.165, 1.54) is 0 Å². The fourth-order valence-electron chi connectivity index (χ4n) is 1.23. The van der Waals surface area contributed by atoms with Crippen LogP contribution in [0.3, 0.4) is 0 Å². The molecule has 0 saturated heterocycles. The summed E-state index contributed by atoms with van der Waals surface area (Å²) in [6.07, 6.45) is 0. The number of hydrogen-bond donors (Lipinski definition) is 0. The molecule has 48 valence electrons. The van der Waals surface area contributed by atoms with Crippen molar-refractivity contribution in [3.05, 3.63) is 29.8 Å². The van der Waals surface area contributed by atoms with Gasteiger partial charge in [0.25, 0.3) is 0 Å². The van der Waals surface area contributed by atoms with E-state index in [1.807, 2.05) is 0 Å². The summed E-state index contributed by atoms with van der Waals surface area (Å²) in [5.41, 5.74) is 1.54. The first-order valence-electron chi connectivity index (χ1n) is 3.77. The van der Waals surface area contributed by atoms with Crippen LogP contribution in [-0.4, -0.2) is 49.0 Å². The molecule has 0 heterocycles. The molecule has 0 aliphatic rings. The second-order valence-electron chi connectivity index (χ2n) is 3.01. The number of hydrogen-bond acceptors (Lipinski definition) is 0. The minimum absolute atomic E-state index is 0.701. The molecule has 0 fully saturated rings. The van der Waals surface area contributed by atoms with Crippen LogP contribution in [0.15, 0.2) is 24.3 Å². The van der Waals surface area contributed by atoms with E-state index in [1.54, 1.807) is 5.22 Å². The third-order valence-electron chi connectivity index (χ3n) is 1.81. The van der Waals surface area contributed by atoms with Gasteiger partial charge in [0.05, 0.1) is 0 Å². The van der Waals surface area contributed by atoms with Crippen LogP contribution in [0.2, 0.25) is 0 Å². The summed E-state index contributed by atoms with van der Waals surface area (Å²) in [4.78, 5) is 0. The maximum atomic E-state index is 2.25. The Morgan fingerprint density at radius 3 is 2.20 bits per heavy atom. The van der Waals surface area contributed by atoms with Crippen LogP contribution in [0.4, 0.5) is 0 Å². The second-order valence-corrected chi connectivity index (χ2v) is 4.69. The normalized spacial score (nSPS) is 10.5. The molecule has 1 aromatic rings. The molecule has 0 amide bonds. The molecular weight excluding hydrogens is 147 g/mol. The van der Waals surface area contributed by atoms with Crippen LogP contribution in [0.25, 0.3) is 0 Å². The van der Waals surface area contributed by atoms with E-state index in [9.17, 15) is 0 Å². The molecule has 0 radical (unpaired) electrons. The third-order valence-corrected chi connectivity index (χ3v) is 3.23. The van der Waals surface area contributed by atoms with Gasteiger partial charge in [-0.15, -0.1) is 0 Å². The Morgan fingerprint density at radius 1 is 1.20 bits per heavy atom. The summed E-state index contributed by atoms with van der Waals surface area (Å²) >= 11 is 0.827. The van der Waals surface area contributed by atoms with E-state index in [0.717, 1.165) is 49.0 Å². The van der Waals surface area contributed by atoms with Gasteiger partial charge in [-0.2, -0.15) is 0 Å². The average molecular weight is 158 g/mol. The van der Waals surface area contributed by atoms with Crippen molar-refractivity contribution in [2.75, 3.05) is 0 Å². The van der Waals surface area contributed by atoms with Crippen molar-refractivity contribution >= 4 is 48.6 Å². The summed E-state index contributed by atoms with van der Waals surface area (Å²) < 4.78 is 1.59. The first-order valence-corrected chi connectivity index (χ1v) is 5.33. The zero-order valence-corrected chi connectivity index (χ0v) is 10.0. The Morgan fingerprint density at radius 2 is 1.80 bits per heavy atom. The summed E-state index contributed by atoms with van der Waals surface area (Å²) in [7, 11) is 0. The van der Waals surface area contributed by atoms with Crippen LogP contribution in [-0.2, 0) is 0 Å². The molecule has 0 atom stereocenters. The van der Waals surface area contributed by atoms with Crippen molar-refractivity contribution in [2.45, 2.75) is 19.8 Å². The average Bonchev–Trinajstić information content (AvgIpc) is 1.88. The van der Waals surface area contributed by atoms with Crippen LogP contribution in [0.1, 0.15) is 25.3 Å². The van der Waals surface area contributed by atoms with E-state index >= 15 is 0 Å². The van der Waals surface area contributed by atoms with E-state index in [2.05, 4.69) is 38.1 Å². The van der Waals surface area contributed by atoms with Crippen LogP contribution in [0.5, 0.6) is 0 Å². The quantitative estimate of drug-likeness (QED) is 0.545. The van der Waals surface area contributed by atoms with Gasteiger partial charge in [0.2, 0.25) is 0 Å². The Balaban J connectivity index is 3.03. The minimum atomic E-state index is 0.701. The molecule has 1 heteroatoms. The molecule has 10 heavy (non-hydrogen) atoms. The second kappa shape index (κ2) is 4.03. The Kier molecular flexibility index (Phi) is 3.60. The van der Waals surface area contributed by atoms with Crippen LogP contribution < -0.4 is -0.342 Å². The zero-order chi connectivity index (χ0) is 7.56. The summed E-state index contributed by atoms with van der Waals surface area (Å²) in [5.74, 6) is 0.701. The van der Waals surface area contributed by atoms with E-state index in [0.29, 0.717) is 5.92 Å². The molecule has 0 aromatic heterocycles. The summed E-state index contributed by atoms with van der Waals surface area (Å²) in [5, 5.41) is 0. The topological polar surface area (TPSA) is 0 Å². The van der Waals surface area contributed by atoms with Crippen molar-refractivity contribution in [1.82, 2.24) is 0 Å². The fourth-order valence-corrected chi connectivity index (χ4v) is 2.70. The fraction of sp³-hybridized carbons (Fsp3) is 0.333. The van der Waals surface area contributed by atoms with Gasteiger partial charge in [0, 0.05) is 0 Å². The van der Waals surface area contributed by atoms with Gasteiger partial charge in [0.15, 0.2) is 0 Å². The molecule has 0 aliphatic heterocycles. The van der Waals surface area contributed by atoms with E-state index in [4.69, 9.17) is 0 Å². The maximum absolute atomic E-state index is 2.25. The summed E-state index contributed by atoms with van der Waals surface area (Å²) in [6, 6.07) is 8.75. The monoisotopic (exact) mass is 158 g/mol. The molecule has 0 aliphatic carbocycles. The van der Waals surface area contributed by atoms with Gasteiger partial charge in [-0.1, -0.05) is 0 Å². The van der Waals surface area contributed by atoms with E-state index in [-0.39, 0.29) is 0 Å². The molecule has 0 nitrogen and oxygen atoms in total. The van der Waals surface area contributed by atoms with Crippen molar-refractivity contribution in [3.8, 4) is 0 Å². The van der Waals surface area contributed by atoms with Gasteiger partial charge < -0.3 is 0 Å². The van der Waals surface area contributed by atoms with Crippen LogP contribution >= 0.6 is 0 Å². The molecule has 0 bridgehead atoms. The third kappa shape index (κ3) is 2.17. The Hall–Kier alpha value is 0.856. The number of rotatable bonds is 1. The first kappa shape index (κ1) is 8.95. The number of benzene rings is 1. The predicted molar refractivity (Wildman–Crippen MR) is 45.9 cm³/mol. The van der Waals surface area contributed by atoms with Crippen molar-refractivity contribution in [2.24, 2.45) is 0 Å². The van der Waals surface area contributed by atoms with Gasteiger partial charge in [0.1, 0.15) is 0 Å². The predicted octanol–water partition coefficient (Wildman–Crippen LogP) is 1.60. The van der Waals surface area contributed by atoms with Crippen molar-refractivity contribution in [1.29, 1.82) is 0 Å². The Labute approximate surface area is 96.6 Å². The molecule has 1 aromatic carbocycles. The molecule has 0 saturated carbocycles. The standard InChI is InChI=1S/C9H11.K/c1-8(2)9-6-4-3-5-7-9;/h3-6,8H,1-2H3;. The zero-order valence-electron chi connectivity index (χ0n) is 6.89. The Bertz CT molecular complexity index is 216. The first-order chi connectivity index (χ1) is 4.72. The van der Waals surface area contributed by atoms with E-state index < -0.39 is 0 Å². The van der Waals surface area contributed by atoms with Crippen molar-refractivity contribution < 1.29 is 0 Å². The van der Waals surface area contributed by atoms with Crippen molar-refractivity contribution in [3.63, 3.8) is 0 Å². The van der Waals surface area contributed by atoms with Gasteiger partial charge in [-0.25, -0.2) is 0 Å².